The van der Waals surface area contributed by atoms with Crippen LogP contribution in [0.15, 0.2) is 64.8 Å². The molecule has 1 aliphatic heterocycles. The molecule has 1 saturated heterocycles. The Morgan fingerprint density at radius 3 is 2.16 bits per heavy atom. The quantitative estimate of drug-likeness (QED) is 0.356. The van der Waals surface area contributed by atoms with Crippen LogP contribution in [0.2, 0.25) is 0 Å². The average molecular weight is 338 g/mol. The van der Waals surface area contributed by atoms with Crippen molar-refractivity contribution in [2.24, 2.45) is 15.6 Å². The molecular formula is C18H18N4O3. The highest BCUT2D eigenvalue weighted by molar-refractivity contribution is 6.07. The Morgan fingerprint density at radius 2 is 1.60 bits per heavy atom. The Morgan fingerprint density at radius 1 is 1.00 bits per heavy atom. The molecule has 25 heavy (non-hydrogen) atoms. The normalized spacial score (nSPS) is 22.0. The molecule has 0 bridgehead atoms. The third-order valence-electron chi connectivity index (χ3n) is 4.79. The minimum Gasteiger partial charge on any atom is -0.284 e. The molecule has 3 rings (SSSR count). The molecule has 0 N–H and O–H groups in total. The molecule has 1 unspecified atom stereocenters. The van der Waals surface area contributed by atoms with Crippen molar-refractivity contribution in [2.45, 2.75) is 26.4 Å². The Hall–Kier alpha value is -3.09. The van der Waals surface area contributed by atoms with Crippen LogP contribution in [0.1, 0.15) is 20.8 Å². The summed E-state index contributed by atoms with van der Waals surface area (Å²) in [5, 5.41) is 19.4. The number of amides is 1. The number of nitrogens with zero attached hydrogens (tertiary/aromatic N) is 4. The number of hydrogen-bond acceptors (Lipinski definition) is 5. The SMILES string of the molecule is CC1(C)C(=O)N(c2ccccc2)C1(C)N=Nc1ccc([N+](=O)[O-])cc1. The molecule has 0 spiro atoms. The lowest BCUT2D eigenvalue weighted by Crippen LogP contribution is -2.74. The zero-order valence-electron chi connectivity index (χ0n) is 14.2. The van der Waals surface area contributed by atoms with E-state index in [1.807, 2.05) is 51.1 Å². The van der Waals surface area contributed by atoms with Gasteiger partial charge >= 0.3 is 0 Å². The van der Waals surface area contributed by atoms with Crippen LogP contribution in [0.4, 0.5) is 17.1 Å². The number of nitro groups is 1. The summed E-state index contributed by atoms with van der Waals surface area (Å²) in [5.74, 6) is -0.0242. The highest BCUT2D eigenvalue weighted by Gasteiger charge is 2.65. The van der Waals surface area contributed by atoms with Crippen molar-refractivity contribution in [2.75, 3.05) is 4.90 Å². The van der Waals surface area contributed by atoms with Gasteiger partial charge in [-0.05, 0) is 45.0 Å². The van der Waals surface area contributed by atoms with Gasteiger partial charge in [0.15, 0.2) is 5.66 Å². The summed E-state index contributed by atoms with van der Waals surface area (Å²) in [6.45, 7) is 5.53. The lowest BCUT2D eigenvalue weighted by atomic mass is 9.69. The van der Waals surface area contributed by atoms with Gasteiger partial charge in [-0.3, -0.25) is 19.8 Å². The van der Waals surface area contributed by atoms with E-state index in [1.54, 1.807) is 4.90 Å². The molecule has 7 nitrogen and oxygen atoms in total. The predicted octanol–water partition coefficient (Wildman–Crippen LogP) is 4.47. The van der Waals surface area contributed by atoms with Crippen LogP contribution in [0.25, 0.3) is 0 Å². The molecule has 0 aliphatic carbocycles. The van der Waals surface area contributed by atoms with Crippen LogP contribution in [-0.2, 0) is 4.79 Å². The second kappa shape index (κ2) is 5.77. The topological polar surface area (TPSA) is 88.2 Å². The highest BCUT2D eigenvalue weighted by atomic mass is 16.6. The molecular weight excluding hydrogens is 320 g/mol. The van der Waals surface area contributed by atoms with Crippen molar-refractivity contribution in [3.05, 3.63) is 64.7 Å². The fraction of sp³-hybridized carbons (Fsp3) is 0.278. The van der Waals surface area contributed by atoms with Crippen LogP contribution in [0, 0.1) is 15.5 Å². The maximum absolute atomic E-state index is 12.6. The number of anilines is 1. The summed E-state index contributed by atoms with van der Waals surface area (Å²) in [4.78, 5) is 24.5. The fourth-order valence-electron chi connectivity index (χ4n) is 2.82. The van der Waals surface area contributed by atoms with Crippen molar-refractivity contribution in [1.82, 2.24) is 0 Å². The van der Waals surface area contributed by atoms with Gasteiger partial charge in [0.1, 0.15) is 0 Å². The van der Waals surface area contributed by atoms with Crippen LogP contribution in [0.3, 0.4) is 0 Å². The second-order valence-corrected chi connectivity index (χ2v) is 6.60. The number of benzene rings is 2. The third kappa shape index (κ3) is 2.57. The minimum absolute atomic E-state index is 0.00442. The maximum atomic E-state index is 12.6. The summed E-state index contributed by atoms with van der Waals surface area (Å²) < 4.78 is 0. The van der Waals surface area contributed by atoms with Gasteiger partial charge in [0.2, 0.25) is 5.91 Å². The zero-order valence-corrected chi connectivity index (χ0v) is 14.2. The van der Waals surface area contributed by atoms with Crippen LogP contribution < -0.4 is 4.90 Å². The highest BCUT2D eigenvalue weighted by Crippen LogP contribution is 2.51. The number of carbonyl (C=O) groups excluding carboxylic acids is 1. The first-order valence-corrected chi connectivity index (χ1v) is 7.84. The van der Waals surface area contributed by atoms with Gasteiger partial charge in [0.05, 0.1) is 16.0 Å². The zero-order chi connectivity index (χ0) is 18.2. The molecule has 0 aromatic heterocycles. The molecule has 1 heterocycles. The van der Waals surface area contributed by atoms with E-state index >= 15 is 0 Å². The molecule has 1 aliphatic rings. The molecule has 1 atom stereocenters. The Labute approximate surface area is 145 Å². The molecule has 1 fully saturated rings. The van der Waals surface area contributed by atoms with Crippen molar-refractivity contribution in [1.29, 1.82) is 0 Å². The third-order valence-corrected chi connectivity index (χ3v) is 4.79. The van der Waals surface area contributed by atoms with E-state index in [9.17, 15) is 14.9 Å². The first-order valence-electron chi connectivity index (χ1n) is 7.84. The fourth-order valence-corrected chi connectivity index (χ4v) is 2.82. The number of non-ortho nitro benzene ring substituents is 1. The lowest BCUT2D eigenvalue weighted by Gasteiger charge is -2.57. The summed E-state index contributed by atoms with van der Waals surface area (Å²) in [5.41, 5.74) is -0.289. The van der Waals surface area contributed by atoms with E-state index in [-0.39, 0.29) is 11.6 Å². The summed E-state index contributed by atoms with van der Waals surface area (Å²) in [6, 6.07) is 15.1. The van der Waals surface area contributed by atoms with Gasteiger partial charge in [-0.25, -0.2) is 0 Å². The van der Waals surface area contributed by atoms with Gasteiger partial charge in [-0.2, -0.15) is 10.2 Å². The maximum Gasteiger partial charge on any atom is 0.269 e. The van der Waals surface area contributed by atoms with Crippen molar-refractivity contribution >= 4 is 23.0 Å². The van der Waals surface area contributed by atoms with E-state index in [2.05, 4.69) is 10.2 Å². The predicted molar refractivity (Wildman–Crippen MR) is 93.7 cm³/mol. The molecule has 2 aromatic rings. The summed E-state index contributed by atoms with van der Waals surface area (Å²) in [7, 11) is 0. The Balaban J connectivity index is 1.92. The molecule has 128 valence electrons. The number of nitro benzene ring substituents is 1. The van der Waals surface area contributed by atoms with Crippen LogP contribution in [-0.4, -0.2) is 16.5 Å². The van der Waals surface area contributed by atoms with Gasteiger partial charge < -0.3 is 0 Å². The number of hydrogen-bond donors (Lipinski definition) is 0. The van der Waals surface area contributed by atoms with E-state index in [4.69, 9.17) is 0 Å². The first kappa shape index (κ1) is 16.8. The number of para-hydroxylation sites is 1. The lowest BCUT2D eigenvalue weighted by molar-refractivity contribution is -0.384. The van der Waals surface area contributed by atoms with Crippen LogP contribution >= 0.6 is 0 Å². The van der Waals surface area contributed by atoms with Crippen molar-refractivity contribution < 1.29 is 9.72 Å². The van der Waals surface area contributed by atoms with Gasteiger partial charge in [0, 0.05) is 17.8 Å². The van der Waals surface area contributed by atoms with Crippen molar-refractivity contribution in [3.8, 4) is 0 Å². The first-order chi connectivity index (χ1) is 11.8. The molecule has 2 aromatic carbocycles. The monoisotopic (exact) mass is 338 g/mol. The number of rotatable bonds is 4. The van der Waals surface area contributed by atoms with E-state index in [0.29, 0.717) is 5.69 Å². The average Bonchev–Trinajstić information content (AvgIpc) is 2.61. The van der Waals surface area contributed by atoms with E-state index in [0.717, 1.165) is 5.69 Å². The second-order valence-electron chi connectivity index (χ2n) is 6.60. The summed E-state index contributed by atoms with van der Waals surface area (Å²) >= 11 is 0. The summed E-state index contributed by atoms with van der Waals surface area (Å²) in [6.07, 6.45) is 0. The van der Waals surface area contributed by atoms with E-state index < -0.39 is 16.0 Å². The minimum atomic E-state index is -0.840. The van der Waals surface area contributed by atoms with Crippen molar-refractivity contribution in [3.63, 3.8) is 0 Å². The number of carbonyl (C=O) groups is 1. The number of β-lactam (4-membered cyclic amide) rings is 1. The number of azo groups is 1. The Bertz CT molecular complexity index is 846. The van der Waals surface area contributed by atoms with E-state index in [1.165, 1.54) is 24.3 Å². The molecule has 7 heteroatoms. The van der Waals surface area contributed by atoms with Gasteiger partial charge in [-0.15, -0.1) is 0 Å². The standard InChI is InChI=1S/C18H18N4O3/c1-17(2)16(23)21(14-7-5-4-6-8-14)18(17,3)20-19-13-9-11-15(12-10-13)22(24)25/h4-12H,1-3H3. The van der Waals surface area contributed by atoms with Gasteiger partial charge in [0.25, 0.3) is 5.69 Å². The largest absolute Gasteiger partial charge is 0.284 e. The smallest absolute Gasteiger partial charge is 0.269 e. The molecule has 1 amide bonds. The van der Waals surface area contributed by atoms with Crippen LogP contribution in [0.5, 0.6) is 0 Å². The van der Waals surface area contributed by atoms with Gasteiger partial charge in [-0.1, -0.05) is 18.2 Å². The molecule has 0 radical (unpaired) electrons. The Kier molecular flexibility index (Phi) is 3.87. The molecule has 0 saturated carbocycles.